The molecule has 0 aromatic heterocycles. The largest absolute Gasteiger partial charge is 0.321 e. The molecule has 0 radical (unpaired) electrons. The molecule has 1 aromatic rings. The van der Waals surface area contributed by atoms with Crippen molar-refractivity contribution < 1.29 is 28.2 Å². The lowest BCUT2D eigenvalue weighted by molar-refractivity contribution is -0.108. The van der Waals surface area contributed by atoms with Gasteiger partial charge in [-0.3, -0.25) is 0 Å². The first-order valence-corrected chi connectivity index (χ1v) is 4.11. The zero-order chi connectivity index (χ0) is 12.5. The van der Waals surface area contributed by atoms with Crippen LogP contribution in [0.3, 0.4) is 0 Å². The second-order valence-electron chi connectivity index (χ2n) is 3.05. The minimum Gasteiger partial charge on any atom is -0.321 e. The summed E-state index contributed by atoms with van der Waals surface area (Å²) < 4.78 is 63.9. The summed E-state index contributed by atoms with van der Waals surface area (Å²) in [6.45, 7) is 0. The van der Waals surface area contributed by atoms with Crippen LogP contribution in [0.5, 0.6) is 0 Å². The number of benzene rings is 1. The van der Waals surface area contributed by atoms with Gasteiger partial charge in [-0.15, -0.1) is 0 Å². The van der Waals surface area contributed by atoms with Crippen LogP contribution in [-0.4, -0.2) is 12.3 Å². The van der Waals surface area contributed by atoms with E-state index in [4.69, 9.17) is 5.73 Å². The number of halogens is 5. The topological polar surface area (TPSA) is 43.1 Å². The van der Waals surface area contributed by atoms with E-state index in [-0.39, 0.29) is 7.71 Å². The monoisotopic (exact) mass is 241 g/mol. The zero-order valence-electron chi connectivity index (χ0n) is 7.74. The highest BCUT2D eigenvalue weighted by molar-refractivity contribution is 5.57. The maximum absolute atomic E-state index is 13.0. The van der Waals surface area contributed by atoms with Gasteiger partial charge in [0, 0.05) is 13.4 Å². The minimum absolute atomic E-state index is 0. The van der Waals surface area contributed by atoms with Crippen LogP contribution in [0, 0.1) is 29.1 Å². The summed E-state index contributed by atoms with van der Waals surface area (Å²) >= 11 is 0. The summed E-state index contributed by atoms with van der Waals surface area (Å²) in [6.07, 6.45) is -0.604. The first-order valence-electron chi connectivity index (χ1n) is 4.11. The lowest BCUT2D eigenvalue weighted by Crippen LogP contribution is -2.26. The summed E-state index contributed by atoms with van der Waals surface area (Å²) in [5.41, 5.74) is 3.95. The van der Waals surface area contributed by atoms with Gasteiger partial charge in [0.1, 0.15) is 6.29 Å². The Kier molecular flexibility index (Phi) is 3.58. The first-order chi connectivity index (χ1) is 7.40. The van der Waals surface area contributed by atoms with Crippen LogP contribution in [0.15, 0.2) is 0 Å². The molecule has 0 amide bonds. The smallest absolute Gasteiger partial charge is 0.200 e. The normalized spacial score (nSPS) is 12.6. The second-order valence-corrected chi connectivity index (χ2v) is 3.05. The van der Waals surface area contributed by atoms with E-state index >= 15 is 0 Å². The van der Waals surface area contributed by atoms with E-state index in [0.29, 0.717) is 0 Å². The summed E-state index contributed by atoms with van der Waals surface area (Å²) in [7, 11) is 0. The van der Waals surface area contributed by atoms with Crippen LogP contribution in [0.25, 0.3) is 0 Å². The molecule has 16 heavy (non-hydrogen) atoms. The fourth-order valence-corrected chi connectivity index (χ4v) is 1.11. The van der Waals surface area contributed by atoms with Gasteiger partial charge in [-0.1, -0.05) is 0 Å². The van der Waals surface area contributed by atoms with Gasteiger partial charge in [-0.2, -0.15) is 0 Å². The van der Waals surface area contributed by atoms with Gasteiger partial charge in [-0.25, -0.2) is 22.0 Å². The lowest BCUT2D eigenvalue weighted by atomic mass is 10.1. The number of aldehydes is 1. The molecule has 1 rings (SSSR count). The molecule has 0 aliphatic carbocycles. The third kappa shape index (κ3) is 2.04. The van der Waals surface area contributed by atoms with Gasteiger partial charge in [0.2, 0.25) is 5.82 Å². The van der Waals surface area contributed by atoms with E-state index < -0.39 is 47.1 Å². The standard InChI is InChI=1S/C9H6F5NO.H2/c10-5-4(1-3(15)2-16)6(11)8(13)9(14)7(5)12;/h2-3H,1,15H2;1H/t3-;/m0./s1. The minimum atomic E-state index is -2.24. The molecule has 0 saturated heterocycles. The Morgan fingerprint density at radius 3 is 1.75 bits per heavy atom. The Bertz CT molecular complexity index is 411. The van der Waals surface area contributed by atoms with Crippen LogP contribution in [0.1, 0.15) is 6.99 Å². The molecule has 1 aromatic carbocycles. The van der Waals surface area contributed by atoms with Crippen molar-refractivity contribution >= 4 is 6.29 Å². The van der Waals surface area contributed by atoms with Crippen LogP contribution in [-0.2, 0) is 11.2 Å². The molecule has 2 N–H and O–H groups in total. The Balaban J connectivity index is 0.00000256. The number of carbonyl (C=O) groups is 1. The molecule has 0 saturated carbocycles. The van der Waals surface area contributed by atoms with Gasteiger partial charge in [0.05, 0.1) is 6.04 Å². The van der Waals surface area contributed by atoms with Gasteiger partial charge in [-0.05, 0) is 0 Å². The third-order valence-corrected chi connectivity index (χ3v) is 1.92. The van der Waals surface area contributed by atoms with Crippen LogP contribution in [0.4, 0.5) is 22.0 Å². The zero-order valence-corrected chi connectivity index (χ0v) is 7.74. The average molecular weight is 241 g/mol. The van der Waals surface area contributed by atoms with Crippen molar-refractivity contribution in [3.05, 3.63) is 34.6 Å². The molecule has 0 fully saturated rings. The number of hydrogen-bond donors (Lipinski definition) is 1. The molecule has 0 heterocycles. The van der Waals surface area contributed by atoms with E-state index in [1.54, 1.807) is 0 Å². The highest BCUT2D eigenvalue weighted by Crippen LogP contribution is 2.23. The Labute approximate surface area is 88.3 Å². The quantitative estimate of drug-likeness (QED) is 0.379. The van der Waals surface area contributed by atoms with Gasteiger partial charge in [0.15, 0.2) is 23.3 Å². The maximum atomic E-state index is 13.0. The summed E-state index contributed by atoms with van der Waals surface area (Å²) in [6, 6.07) is -1.33. The van der Waals surface area contributed by atoms with E-state index in [9.17, 15) is 26.7 Å². The maximum Gasteiger partial charge on any atom is 0.200 e. The third-order valence-electron chi connectivity index (χ3n) is 1.92. The van der Waals surface area contributed by atoms with Crippen LogP contribution >= 0.6 is 0 Å². The molecule has 0 spiro atoms. The predicted octanol–water partition coefficient (Wildman–Crippen LogP) is 1.70. The number of rotatable bonds is 3. The van der Waals surface area contributed by atoms with Crippen molar-refractivity contribution in [2.24, 2.45) is 5.73 Å². The Morgan fingerprint density at radius 1 is 1.00 bits per heavy atom. The summed E-state index contributed by atoms with van der Waals surface area (Å²) in [5.74, 6) is -10.3. The van der Waals surface area contributed by atoms with E-state index in [2.05, 4.69) is 0 Å². The predicted molar refractivity (Wildman–Crippen MR) is 46.1 cm³/mol. The van der Waals surface area contributed by atoms with Crippen molar-refractivity contribution in [2.45, 2.75) is 12.5 Å². The van der Waals surface area contributed by atoms with Crippen molar-refractivity contribution in [1.82, 2.24) is 0 Å². The molecule has 90 valence electrons. The van der Waals surface area contributed by atoms with E-state index in [1.807, 2.05) is 0 Å². The van der Waals surface area contributed by atoms with Gasteiger partial charge in [0.25, 0.3) is 0 Å². The average Bonchev–Trinajstić information content (AvgIpc) is 2.29. The molecular formula is C9H8F5NO. The molecule has 0 bridgehead atoms. The fourth-order valence-electron chi connectivity index (χ4n) is 1.11. The number of carbonyl (C=O) groups excluding carboxylic acids is 1. The highest BCUT2D eigenvalue weighted by atomic mass is 19.2. The SMILES string of the molecule is N[C@H](C=O)Cc1c(F)c(F)c(F)c(F)c1F.[HH]. The molecule has 0 aliphatic heterocycles. The number of hydrogen-bond acceptors (Lipinski definition) is 2. The first kappa shape index (κ1) is 12.6. The Hall–Kier alpha value is -1.50. The van der Waals surface area contributed by atoms with Crippen LogP contribution in [0.2, 0.25) is 0 Å². The van der Waals surface area contributed by atoms with E-state index in [0.717, 1.165) is 0 Å². The van der Waals surface area contributed by atoms with Crippen molar-refractivity contribution in [2.75, 3.05) is 0 Å². The highest BCUT2D eigenvalue weighted by Gasteiger charge is 2.26. The van der Waals surface area contributed by atoms with Crippen molar-refractivity contribution in [3.63, 3.8) is 0 Å². The van der Waals surface area contributed by atoms with Crippen LogP contribution < -0.4 is 5.73 Å². The number of nitrogens with two attached hydrogens (primary N) is 1. The van der Waals surface area contributed by atoms with Crippen molar-refractivity contribution in [3.8, 4) is 0 Å². The molecule has 7 heteroatoms. The van der Waals surface area contributed by atoms with E-state index in [1.165, 1.54) is 0 Å². The molecular weight excluding hydrogens is 233 g/mol. The Morgan fingerprint density at radius 2 is 1.38 bits per heavy atom. The van der Waals surface area contributed by atoms with Crippen molar-refractivity contribution in [1.29, 1.82) is 0 Å². The fraction of sp³-hybridized carbons (Fsp3) is 0.222. The summed E-state index contributed by atoms with van der Waals surface area (Å²) in [4.78, 5) is 10.1. The summed E-state index contributed by atoms with van der Waals surface area (Å²) in [5, 5.41) is 0. The molecule has 0 unspecified atom stereocenters. The molecule has 1 atom stereocenters. The lowest BCUT2D eigenvalue weighted by Gasteiger charge is -2.09. The second kappa shape index (κ2) is 4.56. The molecule has 2 nitrogen and oxygen atoms in total. The molecule has 0 aliphatic rings. The van der Waals surface area contributed by atoms with Gasteiger partial charge < -0.3 is 10.5 Å². The van der Waals surface area contributed by atoms with Gasteiger partial charge >= 0.3 is 0 Å².